The molecule has 0 saturated heterocycles. The molecule has 1 unspecified atom stereocenters. The molecule has 84 valence electrons. The van der Waals surface area contributed by atoms with Crippen molar-refractivity contribution < 1.29 is 5.11 Å². The van der Waals surface area contributed by atoms with E-state index in [1.54, 1.807) is 17.9 Å². The highest BCUT2D eigenvalue weighted by Crippen LogP contribution is 2.24. The van der Waals surface area contributed by atoms with Crippen LogP contribution in [0.2, 0.25) is 0 Å². The molecule has 4 nitrogen and oxygen atoms in total. The van der Waals surface area contributed by atoms with Gasteiger partial charge in [-0.15, -0.1) is 5.10 Å². The largest absolute Gasteiger partial charge is 0.382 e. The molecule has 0 aliphatic heterocycles. The van der Waals surface area contributed by atoms with E-state index in [2.05, 4.69) is 26.2 Å². The van der Waals surface area contributed by atoms with Crippen LogP contribution in [0.15, 0.2) is 28.9 Å². The summed E-state index contributed by atoms with van der Waals surface area (Å²) in [5.41, 5.74) is 2.60. The number of benzene rings is 1. The van der Waals surface area contributed by atoms with Gasteiger partial charge in [-0.3, -0.25) is 0 Å². The first-order chi connectivity index (χ1) is 7.58. The summed E-state index contributed by atoms with van der Waals surface area (Å²) in [4.78, 5) is 0. The van der Waals surface area contributed by atoms with E-state index < -0.39 is 6.10 Å². The minimum absolute atomic E-state index is 0.678. The molecule has 1 heterocycles. The third-order valence-corrected chi connectivity index (χ3v) is 2.87. The zero-order chi connectivity index (χ0) is 11.7. The van der Waals surface area contributed by atoms with E-state index in [1.807, 2.05) is 25.1 Å². The van der Waals surface area contributed by atoms with Crippen LogP contribution in [0.25, 0.3) is 0 Å². The van der Waals surface area contributed by atoms with E-state index in [0.717, 1.165) is 15.6 Å². The lowest BCUT2D eigenvalue weighted by molar-refractivity contribution is 0.209. The number of aryl methyl sites for hydroxylation is 2. The van der Waals surface area contributed by atoms with Crippen LogP contribution >= 0.6 is 15.9 Å². The number of hydrogen-bond donors (Lipinski definition) is 1. The van der Waals surface area contributed by atoms with Crippen molar-refractivity contribution in [1.82, 2.24) is 15.0 Å². The lowest BCUT2D eigenvalue weighted by Crippen LogP contribution is -2.06. The quantitative estimate of drug-likeness (QED) is 0.916. The summed E-state index contributed by atoms with van der Waals surface area (Å²) in [5, 5.41) is 17.7. The van der Waals surface area contributed by atoms with E-state index in [-0.39, 0.29) is 0 Å². The Morgan fingerprint density at radius 2 is 2.12 bits per heavy atom. The molecule has 0 radical (unpaired) electrons. The monoisotopic (exact) mass is 281 g/mol. The molecular weight excluding hydrogens is 270 g/mol. The second-order valence-electron chi connectivity index (χ2n) is 3.75. The molecule has 2 rings (SSSR count). The Hall–Kier alpha value is -1.20. The average Bonchev–Trinajstić information content (AvgIpc) is 2.62. The van der Waals surface area contributed by atoms with Crippen LogP contribution in [-0.4, -0.2) is 20.1 Å². The van der Waals surface area contributed by atoms with Crippen LogP contribution in [-0.2, 0) is 7.05 Å². The molecule has 0 fully saturated rings. The SMILES string of the molecule is Cc1cc(Br)cc(C(O)c2cnnn2C)c1. The Balaban J connectivity index is 2.41. The van der Waals surface area contributed by atoms with E-state index in [4.69, 9.17) is 0 Å². The molecule has 1 aromatic heterocycles. The van der Waals surface area contributed by atoms with Gasteiger partial charge in [0.15, 0.2) is 0 Å². The number of aromatic nitrogens is 3. The van der Waals surface area contributed by atoms with Crippen molar-refractivity contribution in [2.45, 2.75) is 13.0 Å². The second kappa shape index (κ2) is 4.35. The van der Waals surface area contributed by atoms with Crippen molar-refractivity contribution >= 4 is 15.9 Å². The van der Waals surface area contributed by atoms with Crippen LogP contribution in [0, 0.1) is 6.92 Å². The summed E-state index contributed by atoms with van der Waals surface area (Å²) in [6.45, 7) is 1.99. The highest BCUT2D eigenvalue weighted by Gasteiger charge is 2.15. The van der Waals surface area contributed by atoms with E-state index in [0.29, 0.717) is 5.69 Å². The molecule has 16 heavy (non-hydrogen) atoms. The van der Waals surface area contributed by atoms with Crippen LogP contribution in [0.5, 0.6) is 0 Å². The Morgan fingerprint density at radius 3 is 2.69 bits per heavy atom. The van der Waals surface area contributed by atoms with Gasteiger partial charge in [0.2, 0.25) is 0 Å². The molecule has 0 aliphatic rings. The maximum atomic E-state index is 10.2. The van der Waals surface area contributed by atoms with Gasteiger partial charge in [0.1, 0.15) is 6.10 Å². The van der Waals surface area contributed by atoms with Gasteiger partial charge in [-0.25, -0.2) is 4.68 Å². The van der Waals surface area contributed by atoms with E-state index in [9.17, 15) is 5.11 Å². The molecule has 2 aromatic rings. The van der Waals surface area contributed by atoms with Gasteiger partial charge in [0, 0.05) is 11.5 Å². The molecule has 0 spiro atoms. The molecule has 1 aromatic carbocycles. The third-order valence-electron chi connectivity index (χ3n) is 2.41. The summed E-state index contributed by atoms with van der Waals surface area (Å²) >= 11 is 3.41. The summed E-state index contributed by atoms with van der Waals surface area (Å²) in [5.74, 6) is 0. The van der Waals surface area contributed by atoms with Crippen molar-refractivity contribution in [2.24, 2.45) is 7.05 Å². The topological polar surface area (TPSA) is 50.9 Å². The summed E-state index contributed by atoms with van der Waals surface area (Å²) in [6, 6.07) is 5.84. The highest BCUT2D eigenvalue weighted by atomic mass is 79.9. The van der Waals surface area contributed by atoms with Gasteiger partial charge in [0.05, 0.1) is 11.9 Å². The van der Waals surface area contributed by atoms with Crippen LogP contribution < -0.4 is 0 Å². The lowest BCUT2D eigenvalue weighted by Gasteiger charge is -2.11. The standard InChI is InChI=1S/C11H12BrN3O/c1-7-3-8(5-9(12)4-7)11(16)10-6-13-14-15(10)2/h3-6,11,16H,1-2H3. The third kappa shape index (κ3) is 2.15. The van der Waals surface area contributed by atoms with Crippen LogP contribution in [0.4, 0.5) is 0 Å². The van der Waals surface area contributed by atoms with Crippen LogP contribution in [0.3, 0.4) is 0 Å². The fourth-order valence-electron chi connectivity index (χ4n) is 1.64. The normalized spacial score (nSPS) is 12.8. The van der Waals surface area contributed by atoms with Gasteiger partial charge in [-0.05, 0) is 30.2 Å². The molecule has 5 heteroatoms. The molecule has 1 N–H and O–H groups in total. The Kier molecular flexibility index (Phi) is 3.07. The molecule has 1 atom stereocenters. The van der Waals surface area contributed by atoms with Crippen molar-refractivity contribution in [2.75, 3.05) is 0 Å². The van der Waals surface area contributed by atoms with E-state index >= 15 is 0 Å². The molecule has 0 saturated carbocycles. The summed E-state index contributed by atoms with van der Waals surface area (Å²) in [6.07, 6.45) is 0.872. The first kappa shape index (κ1) is 11.3. The van der Waals surface area contributed by atoms with Gasteiger partial charge >= 0.3 is 0 Å². The average molecular weight is 282 g/mol. The number of aliphatic hydroxyl groups excluding tert-OH is 1. The summed E-state index contributed by atoms with van der Waals surface area (Å²) in [7, 11) is 1.76. The Morgan fingerprint density at radius 1 is 1.38 bits per heavy atom. The summed E-state index contributed by atoms with van der Waals surface area (Å²) < 4.78 is 2.53. The molecule has 0 aliphatic carbocycles. The number of rotatable bonds is 2. The minimum Gasteiger partial charge on any atom is -0.382 e. The fraction of sp³-hybridized carbons (Fsp3) is 0.273. The fourth-order valence-corrected chi connectivity index (χ4v) is 2.26. The second-order valence-corrected chi connectivity index (χ2v) is 4.66. The highest BCUT2D eigenvalue weighted by molar-refractivity contribution is 9.10. The predicted molar refractivity (Wildman–Crippen MR) is 63.9 cm³/mol. The van der Waals surface area contributed by atoms with Gasteiger partial charge in [0.25, 0.3) is 0 Å². The first-order valence-corrected chi connectivity index (χ1v) is 5.67. The number of halogens is 1. The smallest absolute Gasteiger partial charge is 0.122 e. The Labute approximate surface area is 102 Å². The molecule has 0 amide bonds. The van der Waals surface area contributed by atoms with Crippen molar-refractivity contribution in [1.29, 1.82) is 0 Å². The van der Waals surface area contributed by atoms with Crippen molar-refractivity contribution in [3.05, 3.63) is 45.7 Å². The van der Waals surface area contributed by atoms with E-state index in [1.165, 1.54) is 0 Å². The maximum absolute atomic E-state index is 10.2. The molecule has 0 bridgehead atoms. The first-order valence-electron chi connectivity index (χ1n) is 4.87. The van der Waals surface area contributed by atoms with Gasteiger partial charge < -0.3 is 5.11 Å². The lowest BCUT2D eigenvalue weighted by atomic mass is 10.0. The number of hydrogen-bond acceptors (Lipinski definition) is 3. The Bertz CT molecular complexity index is 489. The number of aliphatic hydroxyl groups is 1. The number of nitrogens with zero attached hydrogens (tertiary/aromatic N) is 3. The predicted octanol–water partition coefficient (Wildman–Crippen LogP) is 1.97. The zero-order valence-corrected chi connectivity index (χ0v) is 10.6. The maximum Gasteiger partial charge on any atom is 0.122 e. The molecular formula is C11H12BrN3O. The van der Waals surface area contributed by atoms with Gasteiger partial charge in [-0.2, -0.15) is 0 Å². The van der Waals surface area contributed by atoms with Crippen molar-refractivity contribution in [3.63, 3.8) is 0 Å². The van der Waals surface area contributed by atoms with Gasteiger partial charge in [-0.1, -0.05) is 27.2 Å². The van der Waals surface area contributed by atoms with Crippen LogP contribution in [0.1, 0.15) is 22.9 Å². The minimum atomic E-state index is -0.698. The van der Waals surface area contributed by atoms with Crippen molar-refractivity contribution in [3.8, 4) is 0 Å². The zero-order valence-electron chi connectivity index (χ0n) is 9.05.